The zero-order chi connectivity index (χ0) is 16.2. The number of nitrogens with zero attached hydrogens (tertiary/aromatic N) is 1. The second-order valence-corrected chi connectivity index (χ2v) is 9.63. The molecule has 0 aromatic heterocycles. The van der Waals surface area contributed by atoms with Crippen LogP contribution in [-0.4, -0.2) is 42.8 Å². The number of unbranched alkanes of at least 4 members (excludes halogenated alkanes) is 1. The zero-order valence-corrected chi connectivity index (χ0v) is 15.0. The summed E-state index contributed by atoms with van der Waals surface area (Å²) >= 11 is 0. The number of hydrogen-bond donors (Lipinski definition) is 0. The van der Waals surface area contributed by atoms with Gasteiger partial charge in [0.1, 0.15) is 5.75 Å². The molecule has 1 atom stereocenters. The minimum Gasteiger partial charge on any atom is -0.336 e. The van der Waals surface area contributed by atoms with Crippen LogP contribution in [0.15, 0.2) is 0 Å². The fourth-order valence-corrected chi connectivity index (χ4v) is 5.60. The summed E-state index contributed by atoms with van der Waals surface area (Å²) in [6, 6.07) is 0. The first kappa shape index (κ1) is 17.8. The molecule has 128 valence electrons. The van der Waals surface area contributed by atoms with Crippen LogP contribution in [0.4, 0.5) is 0 Å². The number of hydrogen-bond acceptors (Lipinski definition) is 3. The molecule has 1 saturated heterocycles. The lowest BCUT2D eigenvalue weighted by Crippen LogP contribution is -2.48. The Balaban J connectivity index is 1.98. The number of carbonyl (C=O) groups is 1. The van der Waals surface area contributed by atoms with Crippen LogP contribution < -0.4 is 0 Å². The fraction of sp³-hybridized carbons (Fsp3) is 0.941. The second kappa shape index (κ2) is 7.33. The van der Waals surface area contributed by atoms with Gasteiger partial charge in [0.15, 0.2) is 9.84 Å². The van der Waals surface area contributed by atoms with E-state index in [2.05, 4.69) is 6.92 Å². The number of carbonyl (C=O) groups excluding carboxylic acids is 1. The summed E-state index contributed by atoms with van der Waals surface area (Å²) in [6.45, 7) is 4.86. The normalized spacial score (nSPS) is 26.7. The van der Waals surface area contributed by atoms with Crippen LogP contribution in [0.5, 0.6) is 0 Å². The van der Waals surface area contributed by atoms with Crippen molar-refractivity contribution in [2.24, 2.45) is 5.92 Å². The highest BCUT2D eigenvalue weighted by Crippen LogP contribution is 2.39. The average molecular weight is 330 g/mol. The van der Waals surface area contributed by atoms with Gasteiger partial charge in [-0.25, -0.2) is 8.42 Å². The number of amides is 1. The van der Waals surface area contributed by atoms with Crippen molar-refractivity contribution in [2.45, 2.75) is 77.2 Å². The molecule has 5 heteroatoms. The monoisotopic (exact) mass is 329 g/mol. The van der Waals surface area contributed by atoms with Crippen molar-refractivity contribution < 1.29 is 13.2 Å². The van der Waals surface area contributed by atoms with Crippen LogP contribution in [0.3, 0.4) is 0 Å². The van der Waals surface area contributed by atoms with E-state index in [4.69, 9.17) is 0 Å². The molecule has 2 fully saturated rings. The van der Waals surface area contributed by atoms with Crippen LogP contribution >= 0.6 is 0 Å². The Morgan fingerprint density at radius 3 is 2.55 bits per heavy atom. The van der Waals surface area contributed by atoms with Crippen molar-refractivity contribution in [3.05, 3.63) is 0 Å². The molecule has 0 aromatic carbocycles. The summed E-state index contributed by atoms with van der Waals surface area (Å²) in [5.41, 5.74) is -0.119. The highest BCUT2D eigenvalue weighted by atomic mass is 32.2. The average Bonchev–Trinajstić information content (AvgIpc) is 3.06. The molecular weight excluding hydrogens is 298 g/mol. The summed E-state index contributed by atoms with van der Waals surface area (Å²) in [4.78, 5) is 14.4. The van der Waals surface area contributed by atoms with E-state index in [0.29, 0.717) is 6.42 Å². The highest BCUT2D eigenvalue weighted by Gasteiger charge is 2.42. The van der Waals surface area contributed by atoms with Gasteiger partial charge in [0, 0.05) is 12.1 Å². The Kier molecular flexibility index (Phi) is 5.92. The topological polar surface area (TPSA) is 54.5 Å². The maximum Gasteiger partial charge on any atom is 0.238 e. The van der Waals surface area contributed by atoms with E-state index in [1.807, 2.05) is 11.8 Å². The van der Waals surface area contributed by atoms with Crippen molar-refractivity contribution >= 4 is 15.7 Å². The van der Waals surface area contributed by atoms with Gasteiger partial charge in [0.2, 0.25) is 5.91 Å². The molecule has 1 aliphatic heterocycles. The van der Waals surface area contributed by atoms with E-state index in [1.165, 1.54) is 25.7 Å². The predicted molar refractivity (Wildman–Crippen MR) is 89.5 cm³/mol. The van der Waals surface area contributed by atoms with Gasteiger partial charge in [-0.15, -0.1) is 0 Å². The van der Waals surface area contributed by atoms with E-state index in [1.54, 1.807) is 0 Å². The third-order valence-corrected chi connectivity index (χ3v) is 7.00. The van der Waals surface area contributed by atoms with Gasteiger partial charge in [0.05, 0.1) is 5.75 Å². The summed E-state index contributed by atoms with van der Waals surface area (Å²) in [6.07, 6.45) is 9.71. The lowest BCUT2D eigenvalue weighted by atomic mass is 9.86. The third kappa shape index (κ3) is 4.46. The van der Waals surface area contributed by atoms with E-state index in [9.17, 15) is 13.2 Å². The van der Waals surface area contributed by atoms with Gasteiger partial charge in [-0.05, 0) is 38.5 Å². The van der Waals surface area contributed by atoms with Crippen LogP contribution in [0, 0.1) is 5.92 Å². The Labute approximate surface area is 135 Å². The van der Waals surface area contributed by atoms with Gasteiger partial charge >= 0.3 is 0 Å². The van der Waals surface area contributed by atoms with Gasteiger partial charge in [-0.1, -0.05) is 39.0 Å². The zero-order valence-electron chi connectivity index (χ0n) is 14.1. The molecule has 1 heterocycles. The number of sulfone groups is 1. The second-order valence-electron chi connectivity index (χ2n) is 7.45. The molecule has 1 unspecified atom stereocenters. The summed E-state index contributed by atoms with van der Waals surface area (Å²) in [7, 11) is -3.25. The van der Waals surface area contributed by atoms with Crippen molar-refractivity contribution in [3.8, 4) is 0 Å². The quantitative estimate of drug-likeness (QED) is 0.721. The predicted octanol–water partition coefficient (Wildman–Crippen LogP) is 3.16. The Morgan fingerprint density at radius 1 is 1.23 bits per heavy atom. The minimum atomic E-state index is -3.25. The van der Waals surface area contributed by atoms with Gasteiger partial charge < -0.3 is 4.90 Å². The lowest BCUT2D eigenvalue weighted by Gasteiger charge is -2.37. The molecule has 1 saturated carbocycles. The lowest BCUT2D eigenvalue weighted by molar-refractivity contribution is -0.132. The van der Waals surface area contributed by atoms with Crippen LogP contribution in [-0.2, 0) is 14.6 Å². The smallest absolute Gasteiger partial charge is 0.238 e. The maximum absolute atomic E-state index is 12.6. The Morgan fingerprint density at radius 2 is 1.91 bits per heavy atom. The molecule has 1 amide bonds. The van der Waals surface area contributed by atoms with Crippen LogP contribution in [0.2, 0.25) is 0 Å². The Bertz CT molecular complexity index is 482. The molecule has 0 bridgehead atoms. The first-order valence-electron chi connectivity index (χ1n) is 8.87. The molecule has 0 N–H and O–H groups in total. The van der Waals surface area contributed by atoms with Crippen molar-refractivity contribution in [3.63, 3.8) is 0 Å². The molecule has 2 rings (SSSR count). The van der Waals surface area contributed by atoms with Gasteiger partial charge in [0.25, 0.3) is 0 Å². The first-order chi connectivity index (χ1) is 10.4. The van der Waals surface area contributed by atoms with Crippen molar-refractivity contribution in [1.82, 2.24) is 4.90 Å². The molecule has 0 aromatic rings. The van der Waals surface area contributed by atoms with E-state index >= 15 is 0 Å². The summed E-state index contributed by atoms with van der Waals surface area (Å²) < 4.78 is 24.1. The molecule has 22 heavy (non-hydrogen) atoms. The highest BCUT2D eigenvalue weighted by molar-refractivity contribution is 7.92. The van der Waals surface area contributed by atoms with Gasteiger partial charge in [-0.3, -0.25) is 4.79 Å². The van der Waals surface area contributed by atoms with Crippen LogP contribution in [0.25, 0.3) is 0 Å². The number of likely N-dealkylation sites (tertiary alicyclic amines) is 1. The van der Waals surface area contributed by atoms with Crippen molar-refractivity contribution in [1.29, 1.82) is 0 Å². The SMILES string of the molecule is CCCCS(=O)(=O)CC(=O)N1CCCC1(C)CC1CCCC1. The van der Waals surface area contributed by atoms with Gasteiger partial charge in [-0.2, -0.15) is 0 Å². The first-order valence-corrected chi connectivity index (χ1v) is 10.7. The molecule has 4 nitrogen and oxygen atoms in total. The standard InChI is InChI=1S/C17H31NO3S/c1-3-4-12-22(20,21)14-16(19)18-11-7-10-17(18,2)13-15-8-5-6-9-15/h15H,3-14H2,1-2H3. The largest absolute Gasteiger partial charge is 0.336 e. The molecule has 2 aliphatic rings. The molecule has 0 spiro atoms. The number of rotatable bonds is 7. The van der Waals surface area contributed by atoms with Crippen LogP contribution in [0.1, 0.15) is 71.6 Å². The van der Waals surface area contributed by atoms with E-state index < -0.39 is 9.84 Å². The maximum atomic E-state index is 12.6. The summed E-state index contributed by atoms with van der Waals surface area (Å²) in [5.74, 6) is 0.388. The summed E-state index contributed by atoms with van der Waals surface area (Å²) in [5, 5.41) is 0. The van der Waals surface area contributed by atoms with Crippen molar-refractivity contribution in [2.75, 3.05) is 18.1 Å². The fourth-order valence-electron chi connectivity index (χ4n) is 4.20. The third-order valence-electron chi connectivity index (χ3n) is 5.41. The van der Waals surface area contributed by atoms with E-state index in [0.717, 1.165) is 38.1 Å². The molecule has 1 aliphatic carbocycles. The molecular formula is C17H31NO3S. The minimum absolute atomic E-state index is 0.119. The van der Waals surface area contributed by atoms with E-state index in [-0.39, 0.29) is 23.0 Å². The Hall–Kier alpha value is -0.580. The molecule has 0 radical (unpaired) electrons.